The van der Waals surface area contributed by atoms with Crippen LogP contribution in [0.2, 0.25) is 0 Å². The molecule has 0 amide bonds. The first-order chi connectivity index (χ1) is 10.2. The van der Waals surface area contributed by atoms with Crippen molar-refractivity contribution in [2.75, 3.05) is 31.3 Å². The first kappa shape index (κ1) is 14.7. The number of hydrogen-bond acceptors (Lipinski definition) is 5. The van der Waals surface area contributed by atoms with Crippen molar-refractivity contribution in [3.63, 3.8) is 0 Å². The van der Waals surface area contributed by atoms with Crippen molar-refractivity contribution < 1.29 is 14.3 Å². The third-order valence-electron chi connectivity index (χ3n) is 2.88. The van der Waals surface area contributed by atoms with Gasteiger partial charge in [0.2, 0.25) is 0 Å². The molecular weight excluding hydrogens is 268 g/mol. The average molecular weight is 286 g/mol. The van der Waals surface area contributed by atoms with E-state index >= 15 is 0 Å². The number of methoxy groups -OCH3 is 1. The monoisotopic (exact) mass is 286 g/mol. The molecule has 0 saturated carbocycles. The number of ether oxygens (including phenoxy) is 2. The minimum atomic E-state index is -0.422. The molecule has 0 aliphatic rings. The lowest BCUT2D eigenvalue weighted by Crippen LogP contribution is -2.14. The van der Waals surface area contributed by atoms with Crippen molar-refractivity contribution in [3.8, 4) is 5.75 Å². The summed E-state index contributed by atoms with van der Waals surface area (Å²) in [5.41, 5.74) is 7.29. The zero-order chi connectivity index (χ0) is 15.1. The fourth-order valence-electron chi connectivity index (χ4n) is 1.87. The van der Waals surface area contributed by atoms with Crippen molar-refractivity contribution in [2.24, 2.45) is 0 Å². The SMILES string of the molecule is COC(=O)c1cc(N)ccc1NCCOc1ccccc1. The Balaban J connectivity index is 1.92. The van der Waals surface area contributed by atoms with Crippen LogP contribution in [0.1, 0.15) is 10.4 Å². The van der Waals surface area contributed by atoms with Gasteiger partial charge in [-0.2, -0.15) is 0 Å². The molecule has 0 fully saturated rings. The Morgan fingerprint density at radius 2 is 1.95 bits per heavy atom. The number of hydrogen-bond donors (Lipinski definition) is 2. The minimum absolute atomic E-state index is 0.414. The molecule has 2 aromatic carbocycles. The van der Waals surface area contributed by atoms with Gasteiger partial charge < -0.3 is 20.5 Å². The van der Waals surface area contributed by atoms with Crippen molar-refractivity contribution >= 4 is 17.3 Å². The second kappa shape index (κ2) is 7.19. The lowest BCUT2D eigenvalue weighted by Gasteiger charge is -2.12. The Hall–Kier alpha value is -2.69. The smallest absolute Gasteiger partial charge is 0.340 e. The molecule has 0 aromatic heterocycles. The normalized spacial score (nSPS) is 9.95. The van der Waals surface area contributed by atoms with E-state index in [1.807, 2.05) is 30.3 Å². The predicted octanol–water partition coefficient (Wildman–Crippen LogP) is 2.55. The number of rotatable bonds is 6. The summed E-state index contributed by atoms with van der Waals surface area (Å²) < 4.78 is 10.3. The van der Waals surface area contributed by atoms with Gasteiger partial charge in [0.15, 0.2) is 0 Å². The van der Waals surface area contributed by atoms with E-state index in [1.54, 1.807) is 18.2 Å². The second-order valence-corrected chi connectivity index (χ2v) is 4.38. The van der Waals surface area contributed by atoms with Gasteiger partial charge in [0, 0.05) is 17.9 Å². The molecule has 0 aliphatic heterocycles. The van der Waals surface area contributed by atoms with E-state index in [1.165, 1.54) is 7.11 Å². The molecule has 0 atom stereocenters. The number of nitrogens with two attached hydrogens (primary N) is 1. The lowest BCUT2D eigenvalue weighted by atomic mass is 10.1. The number of nitrogen functional groups attached to an aromatic ring is 1. The zero-order valence-corrected chi connectivity index (χ0v) is 11.8. The Morgan fingerprint density at radius 1 is 1.19 bits per heavy atom. The molecule has 21 heavy (non-hydrogen) atoms. The highest BCUT2D eigenvalue weighted by molar-refractivity contribution is 5.96. The van der Waals surface area contributed by atoms with Crippen LogP contribution in [0.25, 0.3) is 0 Å². The van der Waals surface area contributed by atoms with Crippen LogP contribution in [-0.4, -0.2) is 26.2 Å². The van der Waals surface area contributed by atoms with Crippen LogP contribution in [0.4, 0.5) is 11.4 Å². The number of anilines is 2. The summed E-state index contributed by atoms with van der Waals surface area (Å²) in [4.78, 5) is 11.7. The van der Waals surface area contributed by atoms with Crippen LogP contribution in [0.3, 0.4) is 0 Å². The molecular formula is C16H18N2O3. The maximum absolute atomic E-state index is 11.7. The molecule has 0 saturated heterocycles. The standard InChI is InChI=1S/C16H18N2O3/c1-20-16(19)14-11-12(17)7-8-15(14)18-9-10-21-13-5-3-2-4-6-13/h2-8,11,18H,9-10,17H2,1H3. The molecule has 0 unspecified atom stereocenters. The van der Waals surface area contributed by atoms with E-state index in [4.69, 9.17) is 15.2 Å². The highest BCUT2D eigenvalue weighted by atomic mass is 16.5. The van der Waals surface area contributed by atoms with Gasteiger partial charge in [-0.05, 0) is 30.3 Å². The van der Waals surface area contributed by atoms with Crippen molar-refractivity contribution in [1.82, 2.24) is 0 Å². The van der Waals surface area contributed by atoms with Gasteiger partial charge in [-0.15, -0.1) is 0 Å². The van der Waals surface area contributed by atoms with E-state index in [9.17, 15) is 4.79 Å². The van der Waals surface area contributed by atoms with E-state index in [0.717, 1.165) is 5.75 Å². The summed E-state index contributed by atoms with van der Waals surface area (Å²) in [6, 6.07) is 14.6. The van der Waals surface area contributed by atoms with Gasteiger partial charge >= 0.3 is 5.97 Å². The summed E-state index contributed by atoms with van der Waals surface area (Å²) in [6.45, 7) is 1.04. The van der Waals surface area contributed by atoms with Gasteiger partial charge in [-0.1, -0.05) is 18.2 Å². The fraction of sp³-hybridized carbons (Fsp3) is 0.188. The fourth-order valence-corrected chi connectivity index (χ4v) is 1.87. The molecule has 5 heteroatoms. The molecule has 110 valence electrons. The summed E-state index contributed by atoms with van der Waals surface area (Å²) >= 11 is 0. The Kier molecular flexibility index (Phi) is 5.04. The van der Waals surface area contributed by atoms with Gasteiger partial charge in [0.25, 0.3) is 0 Å². The van der Waals surface area contributed by atoms with Crippen molar-refractivity contribution in [1.29, 1.82) is 0 Å². The maximum atomic E-state index is 11.7. The Morgan fingerprint density at radius 3 is 2.67 bits per heavy atom. The van der Waals surface area contributed by atoms with Gasteiger partial charge in [0.05, 0.1) is 12.7 Å². The molecule has 5 nitrogen and oxygen atoms in total. The van der Waals surface area contributed by atoms with Crippen LogP contribution in [0, 0.1) is 0 Å². The first-order valence-corrected chi connectivity index (χ1v) is 6.60. The largest absolute Gasteiger partial charge is 0.492 e. The molecule has 0 radical (unpaired) electrons. The van der Waals surface area contributed by atoms with Crippen LogP contribution in [-0.2, 0) is 4.74 Å². The minimum Gasteiger partial charge on any atom is -0.492 e. The lowest BCUT2D eigenvalue weighted by molar-refractivity contribution is 0.0602. The second-order valence-electron chi connectivity index (χ2n) is 4.38. The van der Waals surface area contributed by atoms with Crippen molar-refractivity contribution in [3.05, 3.63) is 54.1 Å². The predicted molar refractivity (Wildman–Crippen MR) is 82.6 cm³/mol. The third kappa shape index (κ3) is 4.14. The number of carbonyl (C=O) groups is 1. The molecule has 0 heterocycles. The number of carbonyl (C=O) groups excluding carboxylic acids is 1. The van der Waals surface area contributed by atoms with Crippen molar-refractivity contribution in [2.45, 2.75) is 0 Å². The highest BCUT2D eigenvalue weighted by Gasteiger charge is 2.11. The van der Waals surface area contributed by atoms with E-state index in [0.29, 0.717) is 30.1 Å². The maximum Gasteiger partial charge on any atom is 0.340 e. The van der Waals surface area contributed by atoms with Crippen LogP contribution >= 0.6 is 0 Å². The average Bonchev–Trinajstić information content (AvgIpc) is 2.53. The van der Waals surface area contributed by atoms with Gasteiger partial charge in [-0.25, -0.2) is 4.79 Å². The molecule has 0 bridgehead atoms. The van der Waals surface area contributed by atoms with E-state index in [2.05, 4.69) is 5.32 Å². The highest BCUT2D eigenvalue weighted by Crippen LogP contribution is 2.19. The summed E-state index contributed by atoms with van der Waals surface area (Å²) in [5.74, 6) is 0.388. The number of esters is 1. The topological polar surface area (TPSA) is 73.6 Å². The van der Waals surface area contributed by atoms with Crippen LogP contribution in [0.5, 0.6) is 5.75 Å². The molecule has 2 aromatic rings. The molecule has 2 rings (SSSR count). The molecule has 3 N–H and O–H groups in total. The number of benzene rings is 2. The van der Waals surface area contributed by atoms with Gasteiger partial charge in [0.1, 0.15) is 12.4 Å². The number of nitrogens with one attached hydrogen (secondary N) is 1. The van der Waals surface area contributed by atoms with E-state index < -0.39 is 5.97 Å². The number of para-hydroxylation sites is 1. The first-order valence-electron chi connectivity index (χ1n) is 6.60. The summed E-state index contributed by atoms with van der Waals surface area (Å²) in [5, 5.41) is 3.14. The zero-order valence-electron chi connectivity index (χ0n) is 11.8. The quantitative estimate of drug-likeness (QED) is 0.485. The summed E-state index contributed by atoms with van der Waals surface area (Å²) in [6.07, 6.45) is 0. The summed E-state index contributed by atoms with van der Waals surface area (Å²) in [7, 11) is 1.34. The Labute approximate surface area is 123 Å². The van der Waals surface area contributed by atoms with Gasteiger partial charge in [-0.3, -0.25) is 0 Å². The van der Waals surface area contributed by atoms with Crippen LogP contribution < -0.4 is 15.8 Å². The molecule has 0 spiro atoms. The molecule has 0 aliphatic carbocycles. The Bertz CT molecular complexity index is 600. The third-order valence-corrected chi connectivity index (χ3v) is 2.88. The van der Waals surface area contributed by atoms with Crippen LogP contribution in [0.15, 0.2) is 48.5 Å². The van der Waals surface area contributed by atoms with E-state index in [-0.39, 0.29) is 0 Å².